The molecule has 5 aliphatic rings. The van der Waals surface area contributed by atoms with E-state index in [4.69, 9.17) is 9.47 Å². The Hall–Kier alpha value is -0.340. The molecule has 1 saturated heterocycles. The Kier molecular flexibility index (Phi) is 7.59. The van der Waals surface area contributed by atoms with Gasteiger partial charge in [-0.15, -0.1) is 0 Å². The van der Waals surface area contributed by atoms with Crippen LogP contribution in [-0.4, -0.2) is 19.0 Å². The first-order valence-corrected chi connectivity index (χ1v) is 15.3. The lowest BCUT2D eigenvalue weighted by Gasteiger charge is -2.58. The molecule has 0 unspecified atom stereocenters. The highest BCUT2D eigenvalue weighted by atomic mass is 16.7. The van der Waals surface area contributed by atoms with Crippen molar-refractivity contribution in [3.63, 3.8) is 0 Å². The van der Waals surface area contributed by atoms with E-state index in [0.29, 0.717) is 16.9 Å². The zero-order chi connectivity index (χ0) is 23.9. The van der Waals surface area contributed by atoms with E-state index in [1.165, 1.54) is 77.0 Å². The second-order valence-electron chi connectivity index (χ2n) is 14.1. The summed E-state index contributed by atoms with van der Waals surface area (Å²) in [6.45, 7) is 13.6. The molecule has 3 saturated carbocycles. The first kappa shape index (κ1) is 25.3. The average molecular weight is 471 g/mol. The normalized spacial score (nSPS) is 45.3. The summed E-state index contributed by atoms with van der Waals surface area (Å²) in [5, 5.41) is 0. The van der Waals surface area contributed by atoms with E-state index in [2.05, 4.69) is 40.7 Å². The lowest BCUT2D eigenvalue weighted by atomic mass is 9.47. The molecule has 0 radical (unpaired) electrons. The van der Waals surface area contributed by atoms with Crippen LogP contribution in [0.15, 0.2) is 11.6 Å². The molecule has 0 aromatic heterocycles. The maximum Gasteiger partial charge on any atom is 0.157 e. The minimum absolute atomic E-state index is 0.0633. The van der Waals surface area contributed by atoms with Crippen molar-refractivity contribution in [1.82, 2.24) is 0 Å². The Bertz CT molecular complexity index is 721. The fraction of sp³-hybridized carbons (Fsp3) is 0.938. The van der Waals surface area contributed by atoms with Crippen LogP contribution in [0.3, 0.4) is 0 Å². The van der Waals surface area contributed by atoms with Crippen LogP contribution in [0.5, 0.6) is 0 Å². The number of hydrogen-bond donors (Lipinski definition) is 0. The predicted molar refractivity (Wildman–Crippen MR) is 142 cm³/mol. The first-order chi connectivity index (χ1) is 16.3. The Morgan fingerprint density at radius 2 is 1.82 bits per heavy atom. The van der Waals surface area contributed by atoms with Gasteiger partial charge in [-0.2, -0.15) is 0 Å². The molecule has 4 fully saturated rings. The van der Waals surface area contributed by atoms with Crippen molar-refractivity contribution in [2.75, 3.05) is 6.61 Å². The van der Waals surface area contributed by atoms with Crippen LogP contribution in [0.25, 0.3) is 0 Å². The van der Waals surface area contributed by atoms with Crippen LogP contribution in [-0.2, 0) is 9.47 Å². The maximum absolute atomic E-state index is 6.47. The van der Waals surface area contributed by atoms with Crippen molar-refractivity contribution in [1.29, 1.82) is 0 Å². The quantitative estimate of drug-likeness (QED) is 0.346. The summed E-state index contributed by atoms with van der Waals surface area (Å²) in [5.74, 6) is 5.53. The van der Waals surface area contributed by atoms with Crippen molar-refractivity contribution in [3.05, 3.63) is 11.6 Å². The van der Waals surface area contributed by atoms with E-state index in [-0.39, 0.29) is 6.29 Å². The molecule has 194 valence electrons. The highest BCUT2D eigenvalue weighted by molar-refractivity contribution is 5.25. The number of hydrogen-bond acceptors (Lipinski definition) is 2. The number of fused-ring (bicyclic) bond motifs is 5. The van der Waals surface area contributed by atoms with E-state index in [9.17, 15) is 0 Å². The summed E-state index contributed by atoms with van der Waals surface area (Å²) in [6, 6.07) is 0. The molecule has 2 heteroatoms. The molecule has 0 aromatic carbocycles. The molecule has 4 aliphatic carbocycles. The van der Waals surface area contributed by atoms with Crippen molar-refractivity contribution >= 4 is 0 Å². The third-order valence-corrected chi connectivity index (χ3v) is 11.7. The van der Waals surface area contributed by atoms with Crippen molar-refractivity contribution in [2.24, 2.45) is 46.3 Å². The minimum Gasteiger partial charge on any atom is -0.353 e. The van der Waals surface area contributed by atoms with Gasteiger partial charge in [0, 0.05) is 6.61 Å². The molecular formula is C32H54O2. The molecule has 0 spiro atoms. The highest BCUT2D eigenvalue weighted by Crippen LogP contribution is 2.67. The summed E-state index contributed by atoms with van der Waals surface area (Å²) >= 11 is 0. The SMILES string of the molecule is CC(C)CCC[C@H](C)[C@H]1CC[C@H]2[C@@H]3CC=C4C[C@H](O[C@@H]5CCCCO5)CC[C@]4(C)[C@H]3CC[C@]12C. The lowest BCUT2D eigenvalue weighted by molar-refractivity contribution is -0.195. The smallest absolute Gasteiger partial charge is 0.157 e. The molecular weight excluding hydrogens is 416 g/mol. The van der Waals surface area contributed by atoms with Crippen LogP contribution in [0, 0.1) is 46.3 Å². The Labute approximate surface area is 211 Å². The van der Waals surface area contributed by atoms with Crippen LogP contribution >= 0.6 is 0 Å². The predicted octanol–water partition coefficient (Wildman–Crippen LogP) is 8.94. The zero-order valence-electron chi connectivity index (χ0n) is 23.1. The second kappa shape index (κ2) is 10.2. The van der Waals surface area contributed by atoms with Crippen molar-refractivity contribution < 1.29 is 9.47 Å². The van der Waals surface area contributed by atoms with Gasteiger partial charge in [0.1, 0.15) is 0 Å². The number of rotatable bonds is 7. The third-order valence-electron chi connectivity index (χ3n) is 11.7. The van der Waals surface area contributed by atoms with Crippen molar-refractivity contribution in [3.8, 4) is 0 Å². The molecule has 0 bridgehead atoms. The van der Waals surface area contributed by atoms with Gasteiger partial charge in [0.25, 0.3) is 0 Å². The van der Waals surface area contributed by atoms with Gasteiger partial charge in [0.2, 0.25) is 0 Å². The van der Waals surface area contributed by atoms with E-state index >= 15 is 0 Å². The molecule has 0 amide bonds. The summed E-state index contributed by atoms with van der Waals surface area (Å²) in [4.78, 5) is 0. The standard InChI is InChI=1S/C32H54O2/c1-22(2)9-8-10-23(3)27-14-15-28-26-13-12-24-21-25(34-30-11-6-7-20-33-30)16-18-31(24,4)29(26)17-19-32(27,28)5/h12,22-23,25-30H,6-11,13-21H2,1-5H3/t23-,25+,26-,27+,28-,29-,30+,31-,32+/m0/s1. The summed E-state index contributed by atoms with van der Waals surface area (Å²) < 4.78 is 12.4. The van der Waals surface area contributed by atoms with Crippen LogP contribution in [0.4, 0.5) is 0 Å². The van der Waals surface area contributed by atoms with E-state index < -0.39 is 0 Å². The fourth-order valence-electron chi connectivity index (χ4n) is 9.80. The van der Waals surface area contributed by atoms with Crippen LogP contribution < -0.4 is 0 Å². The Morgan fingerprint density at radius 1 is 0.971 bits per heavy atom. The largest absolute Gasteiger partial charge is 0.353 e. The van der Waals surface area contributed by atoms with Gasteiger partial charge in [0.15, 0.2) is 6.29 Å². The molecule has 2 nitrogen and oxygen atoms in total. The van der Waals surface area contributed by atoms with Gasteiger partial charge in [-0.05, 0) is 117 Å². The Balaban J connectivity index is 1.24. The minimum atomic E-state index is 0.0633. The summed E-state index contributed by atoms with van der Waals surface area (Å²) in [5.41, 5.74) is 2.78. The average Bonchev–Trinajstić information content (AvgIpc) is 3.17. The van der Waals surface area contributed by atoms with E-state index in [1.807, 2.05) is 0 Å². The zero-order valence-corrected chi connectivity index (χ0v) is 23.1. The van der Waals surface area contributed by atoms with Crippen LogP contribution in [0.1, 0.15) is 125 Å². The molecule has 5 rings (SSSR count). The lowest BCUT2D eigenvalue weighted by Crippen LogP contribution is -2.51. The van der Waals surface area contributed by atoms with Gasteiger partial charge in [0.05, 0.1) is 6.10 Å². The number of ether oxygens (including phenoxy) is 2. The first-order valence-electron chi connectivity index (χ1n) is 15.3. The third kappa shape index (κ3) is 4.69. The highest BCUT2D eigenvalue weighted by Gasteiger charge is 2.59. The topological polar surface area (TPSA) is 18.5 Å². The van der Waals surface area contributed by atoms with E-state index in [0.717, 1.165) is 55.0 Å². The van der Waals surface area contributed by atoms with Crippen LogP contribution in [0.2, 0.25) is 0 Å². The molecule has 1 heterocycles. The summed E-state index contributed by atoms with van der Waals surface area (Å²) in [6.07, 6.45) is 22.0. The van der Waals surface area contributed by atoms with Gasteiger partial charge < -0.3 is 9.47 Å². The molecule has 34 heavy (non-hydrogen) atoms. The summed E-state index contributed by atoms with van der Waals surface area (Å²) in [7, 11) is 0. The number of allylic oxidation sites excluding steroid dienone is 1. The monoisotopic (exact) mass is 470 g/mol. The second-order valence-corrected chi connectivity index (χ2v) is 14.1. The van der Waals surface area contributed by atoms with Gasteiger partial charge >= 0.3 is 0 Å². The molecule has 9 atom stereocenters. The maximum atomic E-state index is 6.47. The molecule has 0 aromatic rings. The van der Waals surface area contributed by atoms with Crippen molar-refractivity contribution in [2.45, 2.75) is 137 Å². The van der Waals surface area contributed by atoms with Gasteiger partial charge in [-0.25, -0.2) is 0 Å². The molecule has 0 N–H and O–H groups in total. The van der Waals surface area contributed by atoms with E-state index in [1.54, 1.807) is 5.57 Å². The Morgan fingerprint density at radius 3 is 2.59 bits per heavy atom. The fourth-order valence-corrected chi connectivity index (χ4v) is 9.80. The van der Waals surface area contributed by atoms with Gasteiger partial charge in [-0.1, -0.05) is 65.5 Å². The molecule has 1 aliphatic heterocycles. The van der Waals surface area contributed by atoms with Gasteiger partial charge in [-0.3, -0.25) is 0 Å².